The van der Waals surface area contributed by atoms with Crippen molar-refractivity contribution < 1.29 is 8.81 Å². The second-order valence-electron chi connectivity index (χ2n) is 4.64. The van der Waals surface area contributed by atoms with E-state index in [1.165, 1.54) is 12.1 Å². The third kappa shape index (κ3) is 2.30. The van der Waals surface area contributed by atoms with Gasteiger partial charge in [0.05, 0.1) is 12.2 Å². The molecule has 2 N–H and O–H groups in total. The number of hydrogen-bond acceptors (Lipinski definition) is 4. The first-order chi connectivity index (χ1) is 9.63. The van der Waals surface area contributed by atoms with Crippen LogP contribution in [0.3, 0.4) is 0 Å². The molecule has 1 aromatic heterocycles. The summed E-state index contributed by atoms with van der Waals surface area (Å²) in [6.45, 7) is 0.442. The molecular formula is C15H14FN3O. The number of halogens is 1. The molecule has 3 aromatic rings. The van der Waals surface area contributed by atoms with Crippen LogP contribution in [-0.4, -0.2) is 12.0 Å². The van der Waals surface area contributed by atoms with Gasteiger partial charge in [-0.25, -0.2) is 9.37 Å². The Morgan fingerprint density at radius 2 is 2.05 bits per heavy atom. The van der Waals surface area contributed by atoms with Crippen LogP contribution in [-0.2, 0) is 6.54 Å². The van der Waals surface area contributed by atoms with Gasteiger partial charge in [0.15, 0.2) is 5.58 Å². The molecule has 0 unspecified atom stereocenters. The quantitative estimate of drug-likeness (QED) is 0.743. The maximum absolute atomic E-state index is 13.2. The second kappa shape index (κ2) is 4.85. The largest absolute Gasteiger partial charge is 0.439 e. The molecule has 1 heterocycles. The molecule has 3 rings (SSSR count). The average molecular weight is 271 g/mol. The molecule has 0 radical (unpaired) electrons. The number of para-hydroxylation sites is 1. The topological polar surface area (TPSA) is 55.3 Å². The molecule has 4 nitrogen and oxygen atoms in total. The fraction of sp³-hybridized carbons (Fsp3) is 0.133. The Morgan fingerprint density at radius 3 is 2.80 bits per heavy atom. The van der Waals surface area contributed by atoms with E-state index in [2.05, 4.69) is 4.98 Å². The Hall–Kier alpha value is -2.56. The highest BCUT2D eigenvalue weighted by Gasteiger charge is 2.11. The molecule has 0 saturated heterocycles. The number of nitrogens with two attached hydrogens (primary N) is 1. The molecule has 0 amide bonds. The number of anilines is 2. The molecule has 0 atom stereocenters. The maximum atomic E-state index is 13.2. The summed E-state index contributed by atoms with van der Waals surface area (Å²) in [5.74, 6) is 0.279. The minimum absolute atomic E-state index is 0.267. The normalized spacial score (nSPS) is 10.9. The SMILES string of the molecule is CN(Cc1nc2c(N)cccc2o1)c1cccc(F)c1. The highest BCUT2D eigenvalue weighted by molar-refractivity contribution is 5.85. The van der Waals surface area contributed by atoms with Crippen LogP contribution < -0.4 is 10.6 Å². The van der Waals surface area contributed by atoms with Gasteiger partial charge in [0.1, 0.15) is 11.3 Å². The van der Waals surface area contributed by atoms with E-state index in [1.807, 2.05) is 30.1 Å². The van der Waals surface area contributed by atoms with Crippen LogP contribution in [0.15, 0.2) is 46.9 Å². The predicted molar refractivity (Wildman–Crippen MR) is 76.9 cm³/mol. The molecule has 0 bridgehead atoms. The van der Waals surface area contributed by atoms with Crippen LogP contribution in [0.5, 0.6) is 0 Å². The van der Waals surface area contributed by atoms with E-state index in [0.29, 0.717) is 29.2 Å². The number of fused-ring (bicyclic) bond motifs is 1. The Morgan fingerprint density at radius 1 is 1.25 bits per heavy atom. The molecule has 0 aliphatic carbocycles. The van der Waals surface area contributed by atoms with Gasteiger partial charge in [-0.05, 0) is 30.3 Å². The van der Waals surface area contributed by atoms with E-state index < -0.39 is 0 Å². The summed E-state index contributed by atoms with van der Waals surface area (Å²) in [4.78, 5) is 6.24. The summed E-state index contributed by atoms with van der Waals surface area (Å²) in [6, 6.07) is 11.8. The lowest BCUT2D eigenvalue weighted by Gasteiger charge is -2.16. The lowest BCUT2D eigenvalue weighted by molar-refractivity contribution is 0.526. The van der Waals surface area contributed by atoms with Crippen molar-refractivity contribution in [1.29, 1.82) is 0 Å². The number of hydrogen-bond donors (Lipinski definition) is 1. The second-order valence-corrected chi connectivity index (χ2v) is 4.64. The van der Waals surface area contributed by atoms with Crippen LogP contribution in [0.4, 0.5) is 15.8 Å². The standard InChI is InChI=1S/C15H14FN3O/c1-19(11-5-2-4-10(16)8-11)9-14-18-15-12(17)6-3-7-13(15)20-14/h2-8H,9,17H2,1H3. The summed E-state index contributed by atoms with van der Waals surface area (Å²) in [6.07, 6.45) is 0. The van der Waals surface area contributed by atoms with E-state index in [4.69, 9.17) is 10.2 Å². The number of nitrogen functional groups attached to an aromatic ring is 1. The van der Waals surface area contributed by atoms with Gasteiger partial charge < -0.3 is 15.1 Å². The van der Waals surface area contributed by atoms with Gasteiger partial charge in [-0.1, -0.05) is 12.1 Å². The summed E-state index contributed by atoms with van der Waals surface area (Å²) < 4.78 is 18.8. The van der Waals surface area contributed by atoms with Crippen LogP contribution in [0.2, 0.25) is 0 Å². The van der Waals surface area contributed by atoms with Gasteiger partial charge >= 0.3 is 0 Å². The van der Waals surface area contributed by atoms with Gasteiger partial charge in [-0.3, -0.25) is 0 Å². The predicted octanol–water partition coefficient (Wildman–Crippen LogP) is 3.19. The first kappa shape index (κ1) is 12.5. The van der Waals surface area contributed by atoms with E-state index in [-0.39, 0.29) is 5.82 Å². The van der Waals surface area contributed by atoms with E-state index in [9.17, 15) is 4.39 Å². The minimum Gasteiger partial charge on any atom is -0.439 e. The Kier molecular flexibility index (Phi) is 3.02. The zero-order valence-electron chi connectivity index (χ0n) is 11.0. The van der Waals surface area contributed by atoms with Gasteiger partial charge in [0, 0.05) is 12.7 Å². The molecule has 102 valence electrons. The van der Waals surface area contributed by atoms with Gasteiger partial charge in [-0.15, -0.1) is 0 Å². The van der Waals surface area contributed by atoms with Crippen molar-refractivity contribution in [2.45, 2.75) is 6.54 Å². The van der Waals surface area contributed by atoms with Crippen LogP contribution in [0.1, 0.15) is 5.89 Å². The van der Waals surface area contributed by atoms with Crippen molar-refractivity contribution in [2.24, 2.45) is 0 Å². The number of rotatable bonds is 3. The van der Waals surface area contributed by atoms with Crippen molar-refractivity contribution >= 4 is 22.5 Å². The summed E-state index contributed by atoms with van der Waals surface area (Å²) in [5.41, 5.74) is 8.52. The highest BCUT2D eigenvalue weighted by atomic mass is 19.1. The van der Waals surface area contributed by atoms with Crippen molar-refractivity contribution in [1.82, 2.24) is 4.98 Å². The zero-order valence-corrected chi connectivity index (χ0v) is 11.0. The molecule has 0 spiro atoms. The smallest absolute Gasteiger partial charge is 0.215 e. The lowest BCUT2D eigenvalue weighted by atomic mass is 10.3. The first-order valence-corrected chi connectivity index (χ1v) is 6.24. The van der Waals surface area contributed by atoms with Gasteiger partial charge in [0.2, 0.25) is 5.89 Å². The van der Waals surface area contributed by atoms with Crippen molar-refractivity contribution in [3.63, 3.8) is 0 Å². The van der Waals surface area contributed by atoms with Crippen LogP contribution >= 0.6 is 0 Å². The van der Waals surface area contributed by atoms with Crippen molar-refractivity contribution in [2.75, 3.05) is 17.7 Å². The molecule has 20 heavy (non-hydrogen) atoms. The molecule has 2 aromatic carbocycles. The van der Waals surface area contributed by atoms with E-state index in [0.717, 1.165) is 5.69 Å². The van der Waals surface area contributed by atoms with Crippen molar-refractivity contribution in [3.8, 4) is 0 Å². The fourth-order valence-corrected chi connectivity index (χ4v) is 2.09. The average Bonchev–Trinajstić information content (AvgIpc) is 2.83. The Balaban J connectivity index is 1.87. The lowest BCUT2D eigenvalue weighted by Crippen LogP contribution is -2.16. The third-order valence-corrected chi connectivity index (χ3v) is 3.12. The molecule has 0 saturated carbocycles. The highest BCUT2D eigenvalue weighted by Crippen LogP contribution is 2.23. The van der Waals surface area contributed by atoms with Gasteiger partial charge in [-0.2, -0.15) is 0 Å². The monoisotopic (exact) mass is 271 g/mol. The molecule has 0 aliphatic heterocycles. The Bertz CT molecular complexity index is 754. The number of aromatic nitrogens is 1. The van der Waals surface area contributed by atoms with Crippen LogP contribution in [0.25, 0.3) is 11.1 Å². The molecule has 0 fully saturated rings. The number of benzene rings is 2. The zero-order chi connectivity index (χ0) is 14.1. The fourth-order valence-electron chi connectivity index (χ4n) is 2.09. The maximum Gasteiger partial charge on any atom is 0.215 e. The molecule has 5 heteroatoms. The molecule has 0 aliphatic rings. The molecular weight excluding hydrogens is 257 g/mol. The summed E-state index contributed by atoms with van der Waals surface area (Å²) in [7, 11) is 1.85. The van der Waals surface area contributed by atoms with E-state index in [1.54, 1.807) is 12.1 Å². The number of nitrogens with zero attached hydrogens (tertiary/aromatic N) is 2. The van der Waals surface area contributed by atoms with Gasteiger partial charge in [0.25, 0.3) is 0 Å². The van der Waals surface area contributed by atoms with Crippen LogP contribution in [0, 0.1) is 5.82 Å². The van der Waals surface area contributed by atoms with Crippen molar-refractivity contribution in [3.05, 3.63) is 54.2 Å². The number of oxazole rings is 1. The Labute approximate surface area is 115 Å². The minimum atomic E-state index is -0.267. The third-order valence-electron chi connectivity index (χ3n) is 3.12. The summed E-state index contributed by atoms with van der Waals surface area (Å²) in [5, 5.41) is 0. The first-order valence-electron chi connectivity index (χ1n) is 6.24. The summed E-state index contributed by atoms with van der Waals surface area (Å²) >= 11 is 0. The van der Waals surface area contributed by atoms with E-state index >= 15 is 0 Å².